The topological polar surface area (TPSA) is 66.3 Å². The van der Waals surface area contributed by atoms with E-state index in [9.17, 15) is 9.90 Å². The molecular formula is C15H19N3O2S. The van der Waals surface area contributed by atoms with Gasteiger partial charge in [-0.25, -0.2) is 9.97 Å². The average Bonchev–Trinajstić information content (AvgIpc) is 2.86. The number of anilines is 1. The minimum Gasteiger partial charge on any atom is -0.481 e. The maximum absolute atomic E-state index is 11.3. The molecule has 0 radical (unpaired) electrons. The molecule has 0 amide bonds. The van der Waals surface area contributed by atoms with Crippen molar-refractivity contribution in [3.8, 4) is 0 Å². The zero-order chi connectivity index (χ0) is 15.0. The molecule has 6 heteroatoms. The number of fused-ring (bicyclic) bond motifs is 1. The standard InChI is InChI=1S/C15H19N3O2S/c1-3-12-16-13(11-7-9(2)21-14(11)17-12)18-6-4-5-10(8-18)15(19)20/h7,10H,3-6,8H2,1-2H3,(H,19,20)/t10-/m1/s1. The molecule has 0 unspecified atom stereocenters. The first-order valence-corrected chi connectivity index (χ1v) is 8.15. The Bertz CT molecular complexity index is 683. The number of carboxylic acids is 1. The van der Waals surface area contributed by atoms with E-state index < -0.39 is 5.97 Å². The first-order chi connectivity index (χ1) is 10.1. The van der Waals surface area contributed by atoms with Gasteiger partial charge >= 0.3 is 5.97 Å². The predicted octanol–water partition coefficient (Wildman–Crippen LogP) is 2.86. The van der Waals surface area contributed by atoms with Crippen LogP contribution >= 0.6 is 11.3 Å². The lowest BCUT2D eigenvalue weighted by molar-refractivity contribution is -0.141. The van der Waals surface area contributed by atoms with E-state index in [0.717, 1.165) is 47.7 Å². The summed E-state index contributed by atoms with van der Waals surface area (Å²) in [7, 11) is 0. The third-order valence-corrected chi connectivity index (χ3v) is 4.87. The second-order valence-corrected chi connectivity index (χ2v) is 6.75. The van der Waals surface area contributed by atoms with E-state index in [1.807, 2.05) is 6.92 Å². The number of thiophene rings is 1. The summed E-state index contributed by atoms with van der Waals surface area (Å²) in [5, 5.41) is 10.3. The Morgan fingerprint density at radius 2 is 2.33 bits per heavy atom. The van der Waals surface area contributed by atoms with Crippen LogP contribution in [0.25, 0.3) is 10.2 Å². The highest BCUT2D eigenvalue weighted by molar-refractivity contribution is 7.18. The van der Waals surface area contributed by atoms with Crippen LogP contribution in [0.3, 0.4) is 0 Å². The van der Waals surface area contributed by atoms with Crippen LogP contribution in [-0.2, 0) is 11.2 Å². The highest BCUT2D eigenvalue weighted by Gasteiger charge is 2.27. The fraction of sp³-hybridized carbons (Fsp3) is 0.533. The molecule has 1 aliphatic rings. The van der Waals surface area contributed by atoms with Gasteiger partial charge in [0.25, 0.3) is 0 Å². The number of rotatable bonds is 3. The minimum atomic E-state index is -0.706. The lowest BCUT2D eigenvalue weighted by atomic mass is 9.98. The Hall–Kier alpha value is -1.69. The first kappa shape index (κ1) is 14.3. The molecule has 0 aliphatic carbocycles. The normalized spacial score (nSPS) is 19.1. The molecule has 0 bridgehead atoms. The van der Waals surface area contributed by atoms with Crippen molar-refractivity contribution in [2.75, 3.05) is 18.0 Å². The highest BCUT2D eigenvalue weighted by atomic mass is 32.1. The Kier molecular flexibility index (Phi) is 3.80. The van der Waals surface area contributed by atoms with Gasteiger partial charge in [0.05, 0.1) is 11.3 Å². The van der Waals surface area contributed by atoms with Crippen LogP contribution in [-0.4, -0.2) is 34.1 Å². The zero-order valence-electron chi connectivity index (χ0n) is 12.3. The molecule has 1 fully saturated rings. The largest absolute Gasteiger partial charge is 0.481 e. The molecule has 2 aromatic rings. The number of nitrogens with zero attached hydrogens (tertiary/aromatic N) is 3. The van der Waals surface area contributed by atoms with Crippen LogP contribution in [0.1, 0.15) is 30.5 Å². The Morgan fingerprint density at radius 3 is 3.05 bits per heavy atom. The van der Waals surface area contributed by atoms with Crippen molar-refractivity contribution in [3.63, 3.8) is 0 Å². The van der Waals surface area contributed by atoms with Crippen LogP contribution in [0, 0.1) is 12.8 Å². The first-order valence-electron chi connectivity index (χ1n) is 7.33. The van der Waals surface area contributed by atoms with Gasteiger partial charge in [0.15, 0.2) is 0 Å². The maximum atomic E-state index is 11.3. The Balaban J connectivity index is 2.03. The van der Waals surface area contributed by atoms with E-state index in [0.29, 0.717) is 6.54 Å². The number of carboxylic acid groups (broad SMARTS) is 1. The third kappa shape index (κ3) is 2.72. The molecule has 1 saturated heterocycles. The molecule has 1 atom stereocenters. The lowest BCUT2D eigenvalue weighted by Gasteiger charge is -2.32. The number of piperidine rings is 1. The van der Waals surface area contributed by atoms with Gasteiger partial charge in [-0.1, -0.05) is 6.92 Å². The fourth-order valence-corrected chi connectivity index (χ4v) is 3.73. The number of hydrogen-bond donors (Lipinski definition) is 1. The molecule has 21 heavy (non-hydrogen) atoms. The van der Waals surface area contributed by atoms with E-state index in [1.54, 1.807) is 11.3 Å². The van der Waals surface area contributed by atoms with Crippen molar-refractivity contribution in [1.82, 2.24) is 9.97 Å². The molecule has 0 saturated carbocycles. The van der Waals surface area contributed by atoms with Crippen LogP contribution in [0.5, 0.6) is 0 Å². The SMILES string of the molecule is CCc1nc(N2CCC[C@@H](C(=O)O)C2)c2cc(C)sc2n1. The summed E-state index contributed by atoms with van der Waals surface area (Å²) < 4.78 is 0. The Labute approximate surface area is 127 Å². The van der Waals surface area contributed by atoms with Crippen LogP contribution in [0.4, 0.5) is 5.82 Å². The van der Waals surface area contributed by atoms with E-state index >= 15 is 0 Å². The lowest BCUT2D eigenvalue weighted by Crippen LogP contribution is -2.39. The molecule has 5 nitrogen and oxygen atoms in total. The summed E-state index contributed by atoms with van der Waals surface area (Å²) in [5.74, 6) is 0.736. The average molecular weight is 305 g/mol. The van der Waals surface area contributed by atoms with Crippen LogP contribution in [0.2, 0.25) is 0 Å². The van der Waals surface area contributed by atoms with Gasteiger partial charge in [-0.05, 0) is 25.8 Å². The quantitative estimate of drug-likeness (QED) is 0.944. The van der Waals surface area contributed by atoms with Gasteiger partial charge in [0.1, 0.15) is 16.5 Å². The van der Waals surface area contributed by atoms with Gasteiger partial charge in [-0.15, -0.1) is 11.3 Å². The smallest absolute Gasteiger partial charge is 0.308 e. The molecule has 0 aromatic carbocycles. The van der Waals surface area contributed by atoms with Crippen molar-refractivity contribution in [2.24, 2.45) is 5.92 Å². The number of aromatic nitrogens is 2. The van der Waals surface area contributed by atoms with Gasteiger partial charge in [0.2, 0.25) is 0 Å². The summed E-state index contributed by atoms with van der Waals surface area (Å²) in [4.78, 5) is 24.9. The zero-order valence-corrected chi connectivity index (χ0v) is 13.1. The molecule has 3 rings (SSSR count). The van der Waals surface area contributed by atoms with Gasteiger partial charge in [-0.3, -0.25) is 4.79 Å². The van der Waals surface area contributed by atoms with E-state index in [-0.39, 0.29) is 5.92 Å². The number of carbonyl (C=O) groups is 1. The minimum absolute atomic E-state index is 0.298. The van der Waals surface area contributed by atoms with Crippen molar-refractivity contribution >= 4 is 33.3 Å². The van der Waals surface area contributed by atoms with E-state index in [1.165, 1.54) is 4.88 Å². The molecule has 3 heterocycles. The monoisotopic (exact) mass is 305 g/mol. The number of hydrogen-bond acceptors (Lipinski definition) is 5. The van der Waals surface area contributed by atoms with Crippen molar-refractivity contribution in [1.29, 1.82) is 0 Å². The number of aryl methyl sites for hydroxylation is 2. The van der Waals surface area contributed by atoms with Gasteiger partial charge in [0, 0.05) is 24.4 Å². The van der Waals surface area contributed by atoms with Crippen molar-refractivity contribution in [2.45, 2.75) is 33.1 Å². The summed E-state index contributed by atoms with van der Waals surface area (Å²) in [5.41, 5.74) is 0. The maximum Gasteiger partial charge on any atom is 0.308 e. The predicted molar refractivity (Wildman–Crippen MR) is 84.1 cm³/mol. The van der Waals surface area contributed by atoms with Crippen molar-refractivity contribution in [3.05, 3.63) is 16.8 Å². The summed E-state index contributed by atoms with van der Waals surface area (Å²) in [6.45, 7) is 5.52. The van der Waals surface area contributed by atoms with Gasteiger partial charge < -0.3 is 10.0 Å². The van der Waals surface area contributed by atoms with Crippen LogP contribution in [0.15, 0.2) is 6.07 Å². The third-order valence-electron chi connectivity index (χ3n) is 3.93. The second-order valence-electron chi connectivity index (χ2n) is 5.52. The molecule has 1 aliphatic heterocycles. The molecule has 112 valence electrons. The van der Waals surface area contributed by atoms with Gasteiger partial charge in [-0.2, -0.15) is 0 Å². The fourth-order valence-electron chi connectivity index (χ4n) is 2.84. The Morgan fingerprint density at radius 1 is 1.52 bits per heavy atom. The van der Waals surface area contributed by atoms with E-state index in [4.69, 9.17) is 0 Å². The molecular weight excluding hydrogens is 286 g/mol. The molecule has 2 aromatic heterocycles. The molecule has 0 spiro atoms. The second kappa shape index (κ2) is 5.60. The molecule has 1 N–H and O–H groups in total. The summed E-state index contributed by atoms with van der Waals surface area (Å²) in [6.07, 6.45) is 2.44. The number of aliphatic carboxylic acids is 1. The highest BCUT2D eigenvalue weighted by Crippen LogP contribution is 2.33. The summed E-state index contributed by atoms with van der Waals surface area (Å²) in [6, 6.07) is 2.11. The van der Waals surface area contributed by atoms with Crippen molar-refractivity contribution < 1.29 is 9.90 Å². The summed E-state index contributed by atoms with van der Waals surface area (Å²) >= 11 is 1.67. The van der Waals surface area contributed by atoms with Crippen LogP contribution < -0.4 is 4.90 Å². The van der Waals surface area contributed by atoms with E-state index in [2.05, 4.69) is 27.9 Å².